The minimum absolute atomic E-state index is 0.0392. The summed E-state index contributed by atoms with van der Waals surface area (Å²) in [6.07, 6.45) is 0.613. The van der Waals surface area contributed by atoms with E-state index in [1.54, 1.807) is 36.4 Å². The third-order valence-electron chi connectivity index (χ3n) is 5.13. The van der Waals surface area contributed by atoms with E-state index in [0.717, 1.165) is 23.4 Å². The predicted octanol–water partition coefficient (Wildman–Crippen LogP) is 4.74. The van der Waals surface area contributed by atoms with Gasteiger partial charge in [-0.25, -0.2) is 12.8 Å². The van der Waals surface area contributed by atoms with Crippen molar-refractivity contribution in [3.63, 3.8) is 0 Å². The summed E-state index contributed by atoms with van der Waals surface area (Å²) in [5.41, 5.74) is 2.68. The molecule has 0 aliphatic carbocycles. The maximum absolute atomic E-state index is 13.3. The Morgan fingerprint density at radius 1 is 0.970 bits per heavy atom. The van der Waals surface area contributed by atoms with Crippen molar-refractivity contribution in [1.29, 1.82) is 0 Å². The van der Waals surface area contributed by atoms with E-state index in [4.69, 9.17) is 0 Å². The van der Waals surface area contributed by atoms with Gasteiger partial charge in [-0.1, -0.05) is 25.1 Å². The van der Waals surface area contributed by atoms with E-state index in [-0.39, 0.29) is 17.3 Å². The molecule has 0 unspecified atom stereocenters. The average molecular weight is 470 g/mol. The van der Waals surface area contributed by atoms with Crippen LogP contribution in [0.3, 0.4) is 0 Å². The summed E-state index contributed by atoms with van der Waals surface area (Å²) in [7, 11) is -0.0893. The minimum atomic E-state index is -3.84. The number of carbonyl (C=O) groups is 1. The maximum Gasteiger partial charge on any atom is 0.255 e. The van der Waals surface area contributed by atoms with Gasteiger partial charge in [-0.3, -0.25) is 4.79 Å². The van der Waals surface area contributed by atoms with Crippen LogP contribution in [0.4, 0.5) is 15.8 Å². The Morgan fingerprint density at radius 3 is 2.24 bits per heavy atom. The molecular formula is C25H28FN3O3S. The summed E-state index contributed by atoms with van der Waals surface area (Å²) in [4.78, 5) is 14.5. The van der Waals surface area contributed by atoms with Crippen LogP contribution in [0.2, 0.25) is 0 Å². The fourth-order valence-electron chi connectivity index (χ4n) is 3.50. The van der Waals surface area contributed by atoms with Crippen molar-refractivity contribution in [2.45, 2.75) is 24.8 Å². The first kappa shape index (κ1) is 24.4. The molecule has 6 nitrogen and oxygen atoms in total. The van der Waals surface area contributed by atoms with Gasteiger partial charge in [0.15, 0.2) is 0 Å². The second-order valence-electron chi connectivity index (χ2n) is 7.85. The van der Waals surface area contributed by atoms with Gasteiger partial charge in [-0.15, -0.1) is 0 Å². The molecule has 0 fully saturated rings. The van der Waals surface area contributed by atoms with Gasteiger partial charge in [-0.2, -0.15) is 4.31 Å². The molecule has 3 aromatic carbocycles. The SMILES string of the molecule is CCCN(Cc1cc(NC(=O)c2ccccc2)ccc1N(C)C)S(=O)(=O)c1ccc(F)cc1. The lowest BCUT2D eigenvalue weighted by molar-refractivity contribution is 0.102. The van der Waals surface area contributed by atoms with Crippen LogP contribution in [-0.2, 0) is 16.6 Å². The molecule has 0 aliphatic rings. The predicted molar refractivity (Wildman–Crippen MR) is 129 cm³/mol. The van der Waals surface area contributed by atoms with Gasteiger partial charge in [0.25, 0.3) is 5.91 Å². The summed E-state index contributed by atoms with van der Waals surface area (Å²) in [5.74, 6) is -0.740. The van der Waals surface area contributed by atoms with Gasteiger partial charge >= 0.3 is 0 Å². The summed E-state index contributed by atoms with van der Waals surface area (Å²) in [6.45, 7) is 2.31. The van der Waals surface area contributed by atoms with Gasteiger partial charge in [0.1, 0.15) is 5.82 Å². The molecule has 0 radical (unpaired) electrons. The molecule has 0 atom stereocenters. The third-order valence-corrected chi connectivity index (χ3v) is 6.99. The van der Waals surface area contributed by atoms with E-state index < -0.39 is 15.8 Å². The molecule has 0 bridgehead atoms. The Kier molecular flexibility index (Phi) is 7.84. The number of anilines is 2. The van der Waals surface area contributed by atoms with E-state index in [1.165, 1.54) is 16.4 Å². The molecule has 0 aromatic heterocycles. The fraction of sp³-hybridized carbons (Fsp3) is 0.240. The summed E-state index contributed by atoms with van der Waals surface area (Å²) in [5, 5.41) is 2.88. The number of rotatable bonds is 9. The van der Waals surface area contributed by atoms with E-state index in [0.29, 0.717) is 24.2 Å². The number of carbonyl (C=O) groups excluding carboxylic acids is 1. The smallest absolute Gasteiger partial charge is 0.255 e. The Labute approximate surface area is 194 Å². The lowest BCUT2D eigenvalue weighted by atomic mass is 10.1. The van der Waals surface area contributed by atoms with Crippen molar-refractivity contribution in [2.24, 2.45) is 0 Å². The molecule has 0 spiro atoms. The molecule has 3 aromatic rings. The van der Waals surface area contributed by atoms with Gasteiger partial charge in [0.2, 0.25) is 10.0 Å². The van der Waals surface area contributed by atoms with E-state index in [2.05, 4.69) is 5.32 Å². The van der Waals surface area contributed by atoms with Crippen LogP contribution in [0.25, 0.3) is 0 Å². The maximum atomic E-state index is 13.3. The third kappa shape index (κ3) is 5.97. The van der Waals surface area contributed by atoms with Gasteiger partial charge in [0.05, 0.1) is 4.90 Å². The van der Waals surface area contributed by atoms with Crippen LogP contribution in [0.15, 0.2) is 77.7 Å². The number of hydrogen-bond donors (Lipinski definition) is 1. The molecule has 0 heterocycles. The molecule has 33 heavy (non-hydrogen) atoms. The van der Waals surface area contributed by atoms with Crippen LogP contribution in [0.1, 0.15) is 29.3 Å². The highest BCUT2D eigenvalue weighted by Crippen LogP contribution is 2.27. The topological polar surface area (TPSA) is 69.7 Å². The number of hydrogen-bond acceptors (Lipinski definition) is 4. The molecule has 0 aliphatic heterocycles. The number of benzene rings is 3. The first-order valence-electron chi connectivity index (χ1n) is 10.6. The van der Waals surface area contributed by atoms with Gasteiger partial charge in [0, 0.05) is 44.1 Å². The highest BCUT2D eigenvalue weighted by molar-refractivity contribution is 7.89. The van der Waals surface area contributed by atoms with Crippen LogP contribution in [0, 0.1) is 5.82 Å². The van der Waals surface area contributed by atoms with Crippen LogP contribution in [0.5, 0.6) is 0 Å². The highest BCUT2D eigenvalue weighted by Gasteiger charge is 2.25. The Morgan fingerprint density at radius 2 is 1.64 bits per heavy atom. The lowest BCUT2D eigenvalue weighted by Crippen LogP contribution is -2.32. The number of amides is 1. The normalized spacial score (nSPS) is 11.4. The zero-order chi connectivity index (χ0) is 24.0. The number of nitrogens with one attached hydrogen (secondary N) is 1. The summed E-state index contributed by atoms with van der Waals surface area (Å²) >= 11 is 0. The van der Waals surface area contributed by atoms with Crippen molar-refractivity contribution in [3.05, 3.63) is 89.7 Å². The van der Waals surface area contributed by atoms with Crippen LogP contribution >= 0.6 is 0 Å². The zero-order valence-electron chi connectivity index (χ0n) is 19.0. The van der Waals surface area contributed by atoms with Gasteiger partial charge in [-0.05, 0) is 66.6 Å². The average Bonchev–Trinajstić information content (AvgIpc) is 2.79. The number of sulfonamides is 1. The summed E-state index contributed by atoms with van der Waals surface area (Å²) < 4.78 is 41.3. The Bertz CT molecular complexity index is 1200. The van der Waals surface area contributed by atoms with Crippen molar-refractivity contribution in [1.82, 2.24) is 4.31 Å². The van der Waals surface area contributed by atoms with Crippen molar-refractivity contribution >= 4 is 27.3 Å². The highest BCUT2D eigenvalue weighted by atomic mass is 32.2. The molecule has 3 rings (SSSR count). The number of halogens is 1. The largest absolute Gasteiger partial charge is 0.377 e. The van der Waals surface area contributed by atoms with Crippen molar-refractivity contribution in [2.75, 3.05) is 30.9 Å². The Balaban J connectivity index is 1.93. The molecule has 8 heteroatoms. The van der Waals surface area contributed by atoms with E-state index >= 15 is 0 Å². The Hall–Kier alpha value is -3.23. The minimum Gasteiger partial charge on any atom is -0.377 e. The lowest BCUT2D eigenvalue weighted by Gasteiger charge is -2.25. The first-order chi connectivity index (χ1) is 15.7. The second kappa shape index (κ2) is 10.6. The second-order valence-corrected chi connectivity index (χ2v) is 9.79. The van der Waals surface area contributed by atoms with Crippen LogP contribution in [-0.4, -0.2) is 39.3 Å². The molecule has 1 N–H and O–H groups in total. The van der Waals surface area contributed by atoms with Crippen molar-refractivity contribution < 1.29 is 17.6 Å². The van der Waals surface area contributed by atoms with E-state index in [1.807, 2.05) is 38.1 Å². The van der Waals surface area contributed by atoms with Crippen molar-refractivity contribution in [3.8, 4) is 0 Å². The molecule has 174 valence electrons. The molecule has 0 saturated heterocycles. The molecule has 0 saturated carbocycles. The van der Waals surface area contributed by atoms with Gasteiger partial charge < -0.3 is 10.2 Å². The molecular weight excluding hydrogens is 441 g/mol. The molecule has 1 amide bonds. The van der Waals surface area contributed by atoms with E-state index in [9.17, 15) is 17.6 Å². The quantitative estimate of drug-likeness (QED) is 0.491. The van der Waals surface area contributed by atoms with Crippen LogP contribution < -0.4 is 10.2 Å². The fourth-order valence-corrected chi connectivity index (χ4v) is 5.01. The standard InChI is InChI=1S/C25H28FN3O3S/c1-4-16-29(33(31,32)23-13-10-21(26)11-14-23)18-20-17-22(12-15-24(20)28(2)3)27-25(30)19-8-6-5-7-9-19/h5-15,17H,4,16,18H2,1-3H3,(H,27,30). The summed E-state index contributed by atoms with van der Waals surface area (Å²) in [6, 6.07) is 19.1. The monoisotopic (exact) mass is 469 g/mol. The first-order valence-corrected chi connectivity index (χ1v) is 12.1. The number of nitrogens with zero attached hydrogens (tertiary/aromatic N) is 2. The zero-order valence-corrected chi connectivity index (χ0v) is 19.8.